The van der Waals surface area contributed by atoms with Gasteiger partial charge in [0.05, 0.1) is 0 Å². The highest BCUT2D eigenvalue weighted by Crippen LogP contribution is 2.30. The van der Waals surface area contributed by atoms with Crippen molar-refractivity contribution < 1.29 is 5.21 Å². The number of hydrogen-bond acceptors (Lipinski definition) is 4. The number of aryl methyl sites for hydroxylation is 1. The predicted molar refractivity (Wildman–Crippen MR) is 85.9 cm³/mol. The summed E-state index contributed by atoms with van der Waals surface area (Å²) in [6, 6.07) is 4.26. The standard InChI is InChI=1S/C16H26N4O/c1-4-12-5-7-14(8-6-12)20(3)15-10-13(16(17)19-21)9-11(2)18-15/h9-10,12,14,21H,4-8H2,1-3H3,(H2,17,19). The summed E-state index contributed by atoms with van der Waals surface area (Å²) in [5, 5.41) is 11.9. The van der Waals surface area contributed by atoms with Gasteiger partial charge in [-0.3, -0.25) is 0 Å². The van der Waals surface area contributed by atoms with Gasteiger partial charge in [-0.25, -0.2) is 4.98 Å². The second-order valence-electron chi connectivity index (χ2n) is 6.03. The maximum absolute atomic E-state index is 8.84. The smallest absolute Gasteiger partial charge is 0.170 e. The van der Waals surface area contributed by atoms with E-state index in [0.717, 1.165) is 17.4 Å². The van der Waals surface area contributed by atoms with Crippen molar-refractivity contribution in [3.05, 3.63) is 23.4 Å². The molecule has 1 heterocycles. The van der Waals surface area contributed by atoms with Crippen LogP contribution in [0.25, 0.3) is 0 Å². The molecule has 1 aliphatic rings. The molecule has 21 heavy (non-hydrogen) atoms. The molecule has 0 atom stereocenters. The minimum absolute atomic E-state index is 0.129. The van der Waals surface area contributed by atoms with E-state index in [1.54, 1.807) is 0 Å². The maximum atomic E-state index is 8.84. The van der Waals surface area contributed by atoms with Crippen molar-refractivity contribution in [1.29, 1.82) is 0 Å². The SMILES string of the molecule is CCC1CCC(N(C)c2cc(/C(N)=N/O)cc(C)n2)CC1. The molecule has 0 saturated heterocycles. The Hall–Kier alpha value is -1.78. The minimum Gasteiger partial charge on any atom is -0.409 e. The molecular weight excluding hydrogens is 264 g/mol. The fourth-order valence-corrected chi connectivity index (χ4v) is 3.16. The van der Waals surface area contributed by atoms with Crippen LogP contribution in [0.2, 0.25) is 0 Å². The van der Waals surface area contributed by atoms with E-state index in [1.807, 2.05) is 19.1 Å². The van der Waals surface area contributed by atoms with Crippen LogP contribution in [-0.4, -0.2) is 29.1 Å². The topological polar surface area (TPSA) is 74.7 Å². The lowest BCUT2D eigenvalue weighted by Crippen LogP contribution is -2.36. The Kier molecular flexibility index (Phi) is 5.04. The molecule has 1 saturated carbocycles. The average molecular weight is 290 g/mol. The number of nitrogens with zero attached hydrogens (tertiary/aromatic N) is 3. The van der Waals surface area contributed by atoms with Crippen LogP contribution >= 0.6 is 0 Å². The van der Waals surface area contributed by atoms with E-state index in [-0.39, 0.29) is 5.84 Å². The normalized spacial score (nSPS) is 23.1. The summed E-state index contributed by atoms with van der Waals surface area (Å²) in [7, 11) is 2.09. The summed E-state index contributed by atoms with van der Waals surface area (Å²) < 4.78 is 0. The molecule has 5 heteroatoms. The molecule has 1 aromatic rings. The number of pyridine rings is 1. The molecule has 0 unspecified atom stereocenters. The predicted octanol–water partition coefficient (Wildman–Crippen LogP) is 2.89. The Labute approximate surface area is 126 Å². The van der Waals surface area contributed by atoms with Crippen LogP contribution in [0.4, 0.5) is 5.82 Å². The monoisotopic (exact) mass is 290 g/mol. The van der Waals surface area contributed by atoms with Gasteiger partial charge in [0, 0.05) is 24.3 Å². The van der Waals surface area contributed by atoms with Gasteiger partial charge in [0.15, 0.2) is 5.84 Å². The zero-order chi connectivity index (χ0) is 15.4. The summed E-state index contributed by atoms with van der Waals surface area (Å²) in [5.41, 5.74) is 7.30. The van der Waals surface area contributed by atoms with Gasteiger partial charge < -0.3 is 15.8 Å². The van der Waals surface area contributed by atoms with Crippen LogP contribution in [0.1, 0.15) is 50.3 Å². The van der Waals surface area contributed by atoms with Crippen molar-refractivity contribution in [3.63, 3.8) is 0 Å². The third-order valence-corrected chi connectivity index (χ3v) is 4.65. The third-order valence-electron chi connectivity index (χ3n) is 4.65. The largest absolute Gasteiger partial charge is 0.409 e. The molecule has 0 amide bonds. The first-order valence-corrected chi connectivity index (χ1v) is 7.74. The van der Waals surface area contributed by atoms with E-state index in [2.05, 4.69) is 29.0 Å². The Morgan fingerprint density at radius 1 is 1.38 bits per heavy atom. The first-order chi connectivity index (χ1) is 10.0. The molecule has 3 N–H and O–H groups in total. The fourth-order valence-electron chi connectivity index (χ4n) is 3.16. The third kappa shape index (κ3) is 3.65. The van der Waals surface area contributed by atoms with E-state index in [1.165, 1.54) is 32.1 Å². The van der Waals surface area contributed by atoms with Gasteiger partial charge in [-0.2, -0.15) is 0 Å². The highest BCUT2D eigenvalue weighted by Gasteiger charge is 2.24. The summed E-state index contributed by atoms with van der Waals surface area (Å²) in [4.78, 5) is 6.84. The lowest BCUT2D eigenvalue weighted by molar-refractivity contribution is 0.313. The number of oxime groups is 1. The summed E-state index contributed by atoms with van der Waals surface area (Å²) in [5.74, 6) is 1.91. The molecule has 1 aliphatic carbocycles. The molecule has 1 fully saturated rings. The summed E-state index contributed by atoms with van der Waals surface area (Å²) in [6.07, 6.45) is 6.30. The Balaban J connectivity index is 2.16. The summed E-state index contributed by atoms with van der Waals surface area (Å²) >= 11 is 0. The number of anilines is 1. The van der Waals surface area contributed by atoms with E-state index >= 15 is 0 Å². The zero-order valence-electron chi connectivity index (χ0n) is 13.2. The average Bonchev–Trinajstić information content (AvgIpc) is 2.52. The number of amidine groups is 1. The van der Waals surface area contributed by atoms with Gasteiger partial charge in [0.25, 0.3) is 0 Å². The molecule has 0 aliphatic heterocycles. The Morgan fingerprint density at radius 2 is 2.05 bits per heavy atom. The number of hydrogen-bond donors (Lipinski definition) is 2. The van der Waals surface area contributed by atoms with E-state index in [9.17, 15) is 0 Å². The summed E-state index contributed by atoms with van der Waals surface area (Å²) in [6.45, 7) is 4.21. The van der Waals surface area contributed by atoms with Gasteiger partial charge in [0.2, 0.25) is 0 Å². The number of rotatable bonds is 4. The highest BCUT2D eigenvalue weighted by molar-refractivity contribution is 5.97. The van der Waals surface area contributed by atoms with Crippen LogP contribution in [-0.2, 0) is 0 Å². The molecule has 5 nitrogen and oxygen atoms in total. The molecule has 0 aromatic carbocycles. The van der Waals surface area contributed by atoms with Crippen molar-refractivity contribution >= 4 is 11.7 Å². The fraction of sp³-hybridized carbons (Fsp3) is 0.625. The lowest BCUT2D eigenvalue weighted by Gasteiger charge is -2.35. The molecule has 1 aromatic heterocycles. The van der Waals surface area contributed by atoms with Crippen LogP contribution in [0.5, 0.6) is 0 Å². The maximum Gasteiger partial charge on any atom is 0.170 e. The van der Waals surface area contributed by atoms with Gasteiger partial charge >= 0.3 is 0 Å². The molecule has 116 valence electrons. The Bertz CT molecular complexity index is 507. The number of aromatic nitrogens is 1. The van der Waals surface area contributed by atoms with E-state index in [4.69, 9.17) is 10.9 Å². The molecular formula is C16H26N4O. The minimum atomic E-state index is 0.129. The van der Waals surface area contributed by atoms with Gasteiger partial charge in [-0.1, -0.05) is 18.5 Å². The first kappa shape index (κ1) is 15.6. The highest BCUT2D eigenvalue weighted by atomic mass is 16.4. The Morgan fingerprint density at radius 3 is 2.62 bits per heavy atom. The van der Waals surface area contributed by atoms with Crippen molar-refractivity contribution in [1.82, 2.24) is 4.98 Å². The molecule has 0 radical (unpaired) electrons. The molecule has 2 rings (SSSR count). The van der Waals surface area contributed by atoms with Crippen LogP contribution in [0.15, 0.2) is 17.3 Å². The van der Waals surface area contributed by atoms with Crippen LogP contribution in [0, 0.1) is 12.8 Å². The van der Waals surface area contributed by atoms with Crippen molar-refractivity contribution in [2.45, 2.75) is 52.0 Å². The number of nitrogens with two attached hydrogens (primary N) is 1. The zero-order valence-corrected chi connectivity index (χ0v) is 13.2. The van der Waals surface area contributed by atoms with E-state index in [0.29, 0.717) is 11.6 Å². The quantitative estimate of drug-likeness (QED) is 0.387. The van der Waals surface area contributed by atoms with Gasteiger partial charge in [-0.15, -0.1) is 0 Å². The van der Waals surface area contributed by atoms with Crippen LogP contribution < -0.4 is 10.6 Å². The molecule has 0 bridgehead atoms. The van der Waals surface area contributed by atoms with Gasteiger partial charge in [-0.05, 0) is 50.7 Å². The van der Waals surface area contributed by atoms with Crippen LogP contribution in [0.3, 0.4) is 0 Å². The van der Waals surface area contributed by atoms with Crippen molar-refractivity contribution in [2.75, 3.05) is 11.9 Å². The van der Waals surface area contributed by atoms with Crippen molar-refractivity contribution in [3.8, 4) is 0 Å². The second kappa shape index (κ2) is 6.78. The molecule has 0 spiro atoms. The first-order valence-electron chi connectivity index (χ1n) is 7.74. The van der Waals surface area contributed by atoms with Crippen molar-refractivity contribution in [2.24, 2.45) is 16.8 Å². The van der Waals surface area contributed by atoms with E-state index < -0.39 is 0 Å². The lowest BCUT2D eigenvalue weighted by atomic mass is 9.84. The van der Waals surface area contributed by atoms with Gasteiger partial charge in [0.1, 0.15) is 5.82 Å². The second-order valence-corrected chi connectivity index (χ2v) is 6.03.